The van der Waals surface area contributed by atoms with Gasteiger partial charge in [0.2, 0.25) is 0 Å². The maximum atomic E-state index is 2.44. The van der Waals surface area contributed by atoms with Gasteiger partial charge in [-0.1, -0.05) is 170 Å². The normalized spacial score (nSPS) is 14.7. The Morgan fingerprint density at radius 2 is 0.825 bits per heavy atom. The van der Waals surface area contributed by atoms with Crippen LogP contribution in [-0.2, 0) is 5.41 Å². The van der Waals surface area contributed by atoms with Gasteiger partial charge in [0, 0.05) is 42.8 Å². The molecule has 2 aliphatic carbocycles. The van der Waals surface area contributed by atoms with Crippen molar-refractivity contribution in [3.8, 4) is 44.5 Å². The lowest BCUT2D eigenvalue weighted by Crippen LogP contribution is -2.25. The quantitative estimate of drug-likeness (QED) is 0.170. The summed E-state index contributed by atoms with van der Waals surface area (Å²) in [4.78, 5) is 2.41. The monoisotopic (exact) mass is 741 g/mol. The van der Waals surface area contributed by atoms with Crippen molar-refractivity contribution in [1.29, 1.82) is 0 Å². The molecule has 9 aromatic carbocycles. The summed E-state index contributed by atoms with van der Waals surface area (Å²) in [7, 11) is 0. The van der Waals surface area contributed by atoms with Crippen LogP contribution in [0.25, 0.3) is 64.7 Å². The lowest BCUT2D eigenvalue weighted by atomic mass is 9.70. The first kappa shape index (κ1) is 32.3. The minimum Gasteiger partial charge on any atom is -0.310 e. The molecular formula is C55H35NS. The van der Waals surface area contributed by atoms with E-state index in [1.54, 1.807) is 0 Å². The first-order chi connectivity index (χ1) is 28.3. The van der Waals surface area contributed by atoms with Crippen LogP contribution in [0.4, 0.5) is 17.1 Å². The number of thiophene rings is 1. The number of fused-ring (bicyclic) bond motifs is 14. The van der Waals surface area contributed by atoms with Gasteiger partial charge in [-0.05, 0) is 104 Å². The van der Waals surface area contributed by atoms with Crippen LogP contribution in [-0.4, -0.2) is 0 Å². The van der Waals surface area contributed by atoms with Gasteiger partial charge in [-0.15, -0.1) is 11.3 Å². The average molecular weight is 742 g/mol. The van der Waals surface area contributed by atoms with Gasteiger partial charge < -0.3 is 4.90 Å². The van der Waals surface area contributed by atoms with Crippen molar-refractivity contribution in [3.05, 3.63) is 235 Å². The van der Waals surface area contributed by atoms with Crippen molar-refractivity contribution in [1.82, 2.24) is 0 Å². The van der Waals surface area contributed by atoms with Gasteiger partial charge in [-0.25, -0.2) is 0 Å². The number of anilines is 3. The molecule has 0 fully saturated rings. The third-order valence-electron chi connectivity index (χ3n) is 12.3. The van der Waals surface area contributed by atoms with Gasteiger partial charge in [0.05, 0.1) is 5.41 Å². The predicted molar refractivity (Wildman–Crippen MR) is 241 cm³/mol. The molecule has 1 spiro atoms. The molecule has 2 aliphatic rings. The highest BCUT2D eigenvalue weighted by molar-refractivity contribution is 7.26. The van der Waals surface area contributed by atoms with Crippen molar-refractivity contribution in [3.63, 3.8) is 0 Å². The highest BCUT2D eigenvalue weighted by atomic mass is 32.1. The molecule has 1 atom stereocenters. The second-order valence-electron chi connectivity index (χ2n) is 15.2. The number of nitrogens with zero attached hydrogens (tertiary/aromatic N) is 1. The Morgan fingerprint density at radius 1 is 0.333 bits per heavy atom. The number of hydrogen-bond acceptors (Lipinski definition) is 2. The van der Waals surface area contributed by atoms with Crippen LogP contribution in [0, 0.1) is 0 Å². The van der Waals surface area contributed by atoms with E-state index in [-0.39, 0.29) is 0 Å². The van der Waals surface area contributed by atoms with Gasteiger partial charge in [0.15, 0.2) is 0 Å². The summed E-state index contributed by atoms with van der Waals surface area (Å²) < 4.78 is 2.72. The summed E-state index contributed by atoms with van der Waals surface area (Å²) in [6.07, 6.45) is 0. The average Bonchev–Trinajstić information content (AvgIpc) is 3.92. The molecule has 12 rings (SSSR count). The molecule has 10 aromatic rings. The Labute approximate surface area is 336 Å². The zero-order valence-electron chi connectivity index (χ0n) is 31.1. The summed E-state index contributed by atoms with van der Waals surface area (Å²) in [5.41, 5.74) is 18.6. The van der Waals surface area contributed by atoms with E-state index < -0.39 is 5.41 Å². The zero-order chi connectivity index (χ0) is 37.5. The Bertz CT molecular complexity index is 3080. The van der Waals surface area contributed by atoms with E-state index in [0.717, 1.165) is 17.1 Å². The first-order valence-electron chi connectivity index (χ1n) is 19.7. The minimum atomic E-state index is -0.416. The highest BCUT2D eigenvalue weighted by Gasteiger charge is 2.52. The molecule has 0 radical (unpaired) electrons. The first-order valence-corrected chi connectivity index (χ1v) is 20.5. The zero-order valence-corrected chi connectivity index (χ0v) is 31.9. The molecule has 0 saturated heterocycles. The van der Waals surface area contributed by atoms with Crippen molar-refractivity contribution < 1.29 is 0 Å². The molecular weight excluding hydrogens is 707 g/mol. The summed E-state index contributed by atoms with van der Waals surface area (Å²) in [5, 5.41) is 2.68. The Hall–Kier alpha value is -7.00. The van der Waals surface area contributed by atoms with E-state index in [9.17, 15) is 0 Å². The SMILES string of the molecule is c1ccc(-c2ccc(N(c3ccc(-c4ccccc4)cc3)c3ccc4c(c3)-c3ccccc3C43c4ccccc4-c4c3ccc3c4sc4ccccc43)cc2)cc1. The second-order valence-corrected chi connectivity index (χ2v) is 16.2. The molecule has 0 amide bonds. The predicted octanol–water partition coefficient (Wildman–Crippen LogP) is 15.2. The Kier molecular flexibility index (Phi) is 7.08. The summed E-state index contributed by atoms with van der Waals surface area (Å²) in [6, 6.07) is 78.5. The molecule has 1 nitrogen and oxygen atoms in total. The third-order valence-corrected chi connectivity index (χ3v) is 13.5. The molecule has 1 aromatic heterocycles. The third kappa shape index (κ3) is 4.68. The summed E-state index contributed by atoms with van der Waals surface area (Å²) >= 11 is 1.93. The van der Waals surface area contributed by atoms with Gasteiger partial charge in [-0.2, -0.15) is 0 Å². The van der Waals surface area contributed by atoms with E-state index >= 15 is 0 Å². The smallest absolute Gasteiger partial charge is 0.0726 e. The molecule has 266 valence electrons. The fourth-order valence-electron chi connectivity index (χ4n) is 9.85. The maximum Gasteiger partial charge on any atom is 0.0726 e. The molecule has 1 heterocycles. The summed E-state index contributed by atoms with van der Waals surface area (Å²) in [5.74, 6) is 0. The fraction of sp³-hybridized carbons (Fsp3) is 0.0182. The Balaban J connectivity index is 1.07. The van der Waals surface area contributed by atoms with E-state index in [4.69, 9.17) is 0 Å². The molecule has 2 heteroatoms. The van der Waals surface area contributed by atoms with Gasteiger partial charge >= 0.3 is 0 Å². The standard InChI is InChI=1S/C55H35NS/c1-3-13-36(14-4-1)38-23-27-40(28-24-38)56(41-29-25-39(26-30-41)37-15-5-2-6-16-37)42-31-33-50-47(35-42)43-17-7-10-20-48(43)55(50)49-21-11-8-19-46(49)53-51(55)34-32-45-44-18-9-12-22-52(44)57-54(45)53/h1-35H. The number of rotatable bonds is 5. The number of hydrogen-bond donors (Lipinski definition) is 0. The van der Waals surface area contributed by atoms with Gasteiger partial charge in [-0.3, -0.25) is 0 Å². The van der Waals surface area contributed by atoms with Crippen molar-refractivity contribution in [2.75, 3.05) is 4.90 Å². The molecule has 0 saturated carbocycles. The Morgan fingerprint density at radius 3 is 1.49 bits per heavy atom. The van der Waals surface area contributed by atoms with Crippen LogP contribution in [0.15, 0.2) is 212 Å². The van der Waals surface area contributed by atoms with Gasteiger partial charge in [0.25, 0.3) is 0 Å². The number of benzene rings is 9. The van der Waals surface area contributed by atoms with Crippen molar-refractivity contribution in [2.45, 2.75) is 5.41 Å². The largest absolute Gasteiger partial charge is 0.310 e. The highest BCUT2D eigenvalue weighted by Crippen LogP contribution is 2.65. The minimum absolute atomic E-state index is 0.416. The van der Waals surface area contributed by atoms with E-state index in [2.05, 4.69) is 217 Å². The van der Waals surface area contributed by atoms with Crippen molar-refractivity contribution >= 4 is 48.6 Å². The molecule has 0 aliphatic heterocycles. The molecule has 1 unspecified atom stereocenters. The fourth-order valence-corrected chi connectivity index (χ4v) is 11.1. The second kappa shape index (κ2) is 12.5. The lowest BCUT2D eigenvalue weighted by Gasteiger charge is -2.31. The van der Waals surface area contributed by atoms with Crippen LogP contribution < -0.4 is 4.90 Å². The van der Waals surface area contributed by atoms with Crippen LogP contribution in [0.3, 0.4) is 0 Å². The van der Waals surface area contributed by atoms with E-state index in [1.165, 1.54) is 86.9 Å². The van der Waals surface area contributed by atoms with E-state index in [1.807, 2.05) is 11.3 Å². The van der Waals surface area contributed by atoms with E-state index in [0.29, 0.717) is 0 Å². The topological polar surface area (TPSA) is 3.24 Å². The van der Waals surface area contributed by atoms with Crippen molar-refractivity contribution in [2.24, 2.45) is 0 Å². The molecule has 0 N–H and O–H groups in total. The van der Waals surface area contributed by atoms with Gasteiger partial charge in [0.1, 0.15) is 0 Å². The van der Waals surface area contributed by atoms with Crippen LogP contribution in [0.5, 0.6) is 0 Å². The van der Waals surface area contributed by atoms with Crippen LogP contribution >= 0.6 is 11.3 Å². The van der Waals surface area contributed by atoms with Crippen LogP contribution in [0.2, 0.25) is 0 Å². The maximum absolute atomic E-state index is 2.44. The molecule has 0 bridgehead atoms. The van der Waals surface area contributed by atoms with Crippen LogP contribution in [0.1, 0.15) is 22.3 Å². The summed E-state index contributed by atoms with van der Waals surface area (Å²) in [6.45, 7) is 0. The molecule has 57 heavy (non-hydrogen) atoms. The lowest BCUT2D eigenvalue weighted by molar-refractivity contribution is 0.794.